The summed E-state index contributed by atoms with van der Waals surface area (Å²) in [5.41, 5.74) is 2.46. The number of methoxy groups -OCH3 is 2. The van der Waals surface area contributed by atoms with Crippen LogP contribution in [0.1, 0.15) is 17.2 Å². The summed E-state index contributed by atoms with van der Waals surface area (Å²) in [6.45, 7) is 3.98. The van der Waals surface area contributed by atoms with E-state index in [2.05, 4.69) is 64.8 Å². The normalized spacial score (nSPS) is 16.2. The van der Waals surface area contributed by atoms with Crippen molar-refractivity contribution >= 4 is 10.8 Å². The van der Waals surface area contributed by atoms with Crippen LogP contribution >= 0.6 is 0 Å². The largest absolute Gasteiger partial charge is 0.493 e. The van der Waals surface area contributed by atoms with Crippen LogP contribution in [0.4, 0.5) is 0 Å². The van der Waals surface area contributed by atoms with Gasteiger partial charge in [-0.1, -0.05) is 54.6 Å². The van der Waals surface area contributed by atoms with Crippen molar-refractivity contribution in [1.82, 2.24) is 10.2 Å². The van der Waals surface area contributed by atoms with E-state index in [0.29, 0.717) is 0 Å². The van der Waals surface area contributed by atoms with E-state index in [4.69, 9.17) is 9.47 Å². The first-order chi connectivity index (χ1) is 13.3. The van der Waals surface area contributed by atoms with Gasteiger partial charge in [0.15, 0.2) is 11.5 Å². The van der Waals surface area contributed by atoms with E-state index < -0.39 is 0 Å². The molecule has 1 aliphatic rings. The molecule has 0 saturated carbocycles. The van der Waals surface area contributed by atoms with Gasteiger partial charge < -0.3 is 14.8 Å². The molecule has 1 heterocycles. The molecule has 3 aromatic carbocycles. The predicted molar refractivity (Wildman–Crippen MR) is 110 cm³/mol. The highest BCUT2D eigenvalue weighted by molar-refractivity contribution is 5.86. The highest BCUT2D eigenvalue weighted by Gasteiger charge is 2.29. The summed E-state index contributed by atoms with van der Waals surface area (Å²) in [7, 11) is 3.42. The number of nitrogens with one attached hydrogen (secondary N) is 1. The van der Waals surface area contributed by atoms with Gasteiger partial charge in [0.25, 0.3) is 0 Å². The number of hydrogen-bond acceptors (Lipinski definition) is 4. The molecule has 27 heavy (non-hydrogen) atoms. The Bertz CT molecular complexity index is 914. The van der Waals surface area contributed by atoms with Gasteiger partial charge in [-0.15, -0.1) is 0 Å². The molecular formula is C23H26N2O2. The molecular weight excluding hydrogens is 336 g/mol. The number of nitrogens with zero attached hydrogens (tertiary/aromatic N) is 1. The first-order valence-electron chi connectivity index (χ1n) is 9.47. The fourth-order valence-electron chi connectivity index (χ4n) is 4.12. The Labute approximate surface area is 160 Å². The van der Waals surface area contributed by atoms with E-state index in [1.165, 1.54) is 16.3 Å². The maximum atomic E-state index is 5.81. The van der Waals surface area contributed by atoms with Crippen LogP contribution in [0.2, 0.25) is 0 Å². The second-order valence-electron chi connectivity index (χ2n) is 6.84. The molecule has 4 heteroatoms. The second-order valence-corrected chi connectivity index (χ2v) is 6.84. The van der Waals surface area contributed by atoms with Crippen LogP contribution in [0, 0.1) is 0 Å². The first kappa shape index (κ1) is 17.8. The van der Waals surface area contributed by atoms with Crippen LogP contribution in [0.5, 0.6) is 11.5 Å². The van der Waals surface area contributed by atoms with Crippen LogP contribution in [-0.2, 0) is 0 Å². The summed E-state index contributed by atoms with van der Waals surface area (Å²) in [5, 5.41) is 6.01. The molecule has 0 aliphatic carbocycles. The maximum Gasteiger partial charge on any atom is 0.165 e. The molecule has 140 valence electrons. The van der Waals surface area contributed by atoms with E-state index >= 15 is 0 Å². The SMILES string of the molecule is COc1cccc(C(c2cccc3ccccc23)N2CCNCC2)c1OC. The fraction of sp³-hybridized carbons (Fsp3) is 0.304. The van der Waals surface area contributed by atoms with Crippen LogP contribution in [0.15, 0.2) is 60.7 Å². The smallest absolute Gasteiger partial charge is 0.165 e. The Morgan fingerprint density at radius 3 is 2.30 bits per heavy atom. The van der Waals surface area contributed by atoms with Crippen molar-refractivity contribution in [2.24, 2.45) is 0 Å². The summed E-state index contributed by atoms with van der Waals surface area (Å²) in [5.74, 6) is 1.59. The fourth-order valence-corrected chi connectivity index (χ4v) is 4.12. The third-order valence-electron chi connectivity index (χ3n) is 5.36. The van der Waals surface area contributed by atoms with E-state index in [1.54, 1.807) is 14.2 Å². The standard InChI is InChI=1S/C23H26N2O2/c1-26-21-12-6-11-20(23(21)27-2)22(25-15-13-24-14-16-25)19-10-5-8-17-7-3-4-9-18(17)19/h3-12,22,24H,13-16H2,1-2H3. The maximum absolute atomic E-state index is 5.81. The van der Waals surface area contributed by atoms with Crippen LogP contribution < -0.4 is 14.8 Å². The molecule has 0 spiro atoms. The van der Waals surface area contributed by atoms with Crippen LogP contribution in [0.25, 0.3) is 10.8 Å². The highest BCUT2D eigenvalue weighted by Crippen LogP contribution is 2.42. The minimum absolute atomic E-state index is 0.114. The minimum atomic E-state index is 0.114. The van der Waals surface area contributed by atoms with Gasteiger partial charge in [0.2, 0.25) is 0 Å². The molecule has 1 aliphatic heterocycles. The molecule has 1 atom stereocenters. The number of hydrogen-bond donors (Lipinski definition) is 1. The zero-order chi connectivity index (χ0) is 18.6. The summed E-state index contributed by atoms with van der Waals surface area (Å²) in [6.07, 6.45) is 0. The number of piperazine rings is 1. The lowest BCUT2D eigenvalue weighted by atomic mass is 9.91. The Hall–Kier alpha value is -2.56. The summed E-state index contributed by atoms with van der Waals surface area (Å²) >= 11 is 0. The number of benzene rings is 3. The topological polar surface area (TPSA) is 33.7 Å². The second kappa shape index (κ2) is 7.99. The van der Waals surface area contributed by atoms with Gasteiger partial charge in [-0.3, -0.25) is 4.90 Å². The molecule has 4 rings (SSSR count). The molecule has 0 amide bonds. The van der Waals surface area contributed by atoms with Gasteiger partial charge in [-0.2, -0.15) is 0 Å². The summed E-state index contributed by atoms with van der Waals surface area (Å²) < 4.78 is 11.4. The number of para-hydroxylation sites is 1. The van der Waals surface area contributed by atoms with Gasteiger partial charge in [-0.25, -0.2) is 0 Å². The van der Waals surface area contributed by atoms with Gasteiger partial charge in [0.1, 0.15) is 0 Å². The van der Waals surface area contributed by atoms with Crippen molar-refractivity contribution in [3.05, 3.63) is 71.8 Å². The lowest BCUT2D eigenvalue weighted by Crippen LogP contribution is -2.45. The zero-order valence-electron chi connectivity index (χ0n) is 15.9. The molecule has 1 N–H and O–H groups in total. The van der Waals surface area contributed by atoms with E-state index in [-0.39, 0.29) is 6.04 Å². The molecule has 1 unspecified atom stereocenters. The predicted octanol–water partition coefficient (Wildman–Crippen LogP) is 3.85. The minimum Gasteiger partial charge on any atom is -0.493 e. The average molecular weight is 362 g/mol. The Morgan fingerprint density at radius 2 is 1.52 bits per heavy atom. The van der Waals surface area contributed by atoms with Crippen LogP contribution in [0.3, 0.4) is 0 Å². The van der Waals surface area contributed by atoms with Crippen LogP contribution in [-0.4, -0.2) is 45.3 Å². The lowest BCUT2D eigenvalue weighted by molar-refractivity contribution is 0.195. The van der Waals surface area contributed by atoms with E-state index in [0.717, 1.165) is 43.2 Å². The van der Waals surface area contributed by atoms with Gasteiger partial charge in [0, 0.05) is 31.7 Å². The van der Waals surface area contributed by atoms with Crippen molar-refractivity contribution in [1.29, 1.82) is 0 Å². The van der Waals surface area contributed by atoms with Gasteiger partial charge >= 0.3 is 0 Å². The Kier molecular flexibility index (Phi) is 5.28. The average Bonchev–Trinajstić information content (AvgIpc) is 2.74. The number of fused-ring (bicyclic) bond motifs is 1. The van der Waals surface area contributed by atoms with Crippen molar-refractivity contribution in [3.8, 4) is 11.5 Å². The van der Waals surface area contributed by atoms with Crippen molar-refractivity contribution in [2.75, 3.05) is 40.4 Å². The molecule has 1 saturated heterocycles. The Balaban J connectivity index is 1.93. The molecule has 0 radical (unpaired) electrons. The summed E-state index contributed by atoms with van der Waals surface area (Å²) in [6, 6.07) is 21.5. The van der Waals surface area contributed by atoms with E-state index in [9.17, 15) is 0 Å². The van der Waals surface area contributed by atoms with Gasteiger partial charge in [-0.05, 0) is 22.4 Å². The molecule has 0 aromatic heterocycles. The Morgan fingerprint density at radius 1 is 0.815 bits per heavy atom. The molecule has 4 nitrogen and oxygen atoms in total. The van der Waals surface area contributed by atoms with Crippen molar-refractivity contribution in [3.63, 3.8) is 0 Å². The molecule has 1 fully saturated rings. The third kappa shape index (κ3) is 3.38. The monoisotopic (exact) mass is 362 g/mol. The molecule has 0 bridgehead atoms. The molecule has 3 aromatic rings. The summed E-state index contributed by atoms with van der Waals surface area (Å²) in [4.78, 5) is 2.54. The van der Waals surface area contributed by atoms with Crippen molar-refractivity contribution in [2.45, 2.75) is 6.04 Å². The third-order valence-corrected chi connectivity index (χ3v) is 5.36. The highest BCUT2D eigenvalue weighted by atomic mass is 16.5. The van der Waals surface area contributed by atoms with E-state index in [1.807, 2.05) is 6.07 Å². The lowest BCUT2D eigenvalue weighted by Gasteiger charge is -2.36. The quantitative estimate of drug-likeness (QED) is 0.747. The van der Waals surface area contributed by atoms with Crippen molar-refractivity contribution < 1.29 is 9.47 Å². The zero-order valence-corrected chi connectivity index (χ0v) is 15.9. The number of rotatable bonds is 5. The first-order valence-corrected chi connectivity index (χ1v) is 9.47. The number of ether oxygens (including phenoxy) is 2. The van der Waals surface area contributed by atoms with Gasteiger partial charge in [0.05, 0.1) is 20.3 Å².